The van der Waals surface area contributed by atoms with Crippen molar-refractivity contribution in [2.75, 3.05) is 5.32 Å². The number of rotatable bonds is 2. The fraction of sp³-hybridized carbons (Fsp3) is 0.167. The molecule has 2 aromatic rings. The Balaban J connectivity index is 2.35. The van der Waals surface area contributed by atoms with E-state index in [-0.39, 0.29) is 0 Å². The molecule has 5 heteroatoms. The van der Waals surface area contributed by atoms with Gasteiger partial charge < -0.3 is 5.32 Å². The van der Waals surface area contributed by atoms with Crippen LogP contribution < -0.4 is 5.32 Å². The number of nitrogens with zero attached hydrogens (tertiary/aromatic N) is 2. The number of hydrogen-bond acceptors (Lipinski definition) is 4. The first-order valence-electron chi connectivity index (χ1n) is 5.01. The van der Waals surface area contributed by atoms with Crippen molar-refractivity contribution in [2.24, 2.45) is 0 Å². The van der Waals surface area contributed by atoms with E-state index in [2.05, 4.69) is 16.4 Å². The molecule has 86 valence electrons. The summed E-state index contributed by atoms with van der Waals surface area (Å²) < 4.78 is 0. The Morgan fingerprint density at radius 3 is 2.76 bits per heavy atom. The number of anilines is 2. The van der Waals surface area contributed by atoms with Crippen molar-refractivity contribution in [3.63, 3.8) is 0 Å². The van der Waals surface area contributed by atoms with Crippen molar-refractivity contribution >= 4 is 33.8 Å². The molecule has 0 saturated carbocycles. The van der Waals surface area contributed by atoms with Crippen molar-refractivity contribution in [1.82, 2.24) is 4.98 Å². The van der Waals surface area contributed by atoms with Crippen LogP contribution in [-0.2, 0) is 0 Å². The molecule has 0 atom stereocenters. The molecule has 0 aliphatic carbocycles. The summed E-state index contributed by atoms with van der Waals surface area (Å²) in [6.45, 7) is 3.97. The van der Waals surface area contributed by atoms with Gasteiger partial charge in [0.2, 0.25) is 0 Å². The highest BCUT2D eigenvalue weighted by atomic mass is 35.5. The van der Waals surface area contributed by atoms with Gasteiger partial charge in [0.1, 0.15) is 6.07 Å². The lowest BCUT2D eigenvalue weighted by Gasteiger charge is -2.04. The fourth-order valence-electron chi connectivity index (χ4n) is 1.36. The zero-order valence-electron chi connectivity index (χ0n) is 9.41. The standard InChI is InChI=1S/C12H10ClN3S/c1-7-8(2)17-12(15-7)16-11-5-10(13)4-3-9(11)6-14/h3-5H,1-2H3,(H,15,16). The topological polar surface area (TPSA) is 48.7 Å². The Kier molecular flexibility index (Phi) is 3.32. The minimum Gasteiger partial charge on any atom is -0.330 e. The third kappa shape index (κ3) is 2.57. The summed E-state index contributed by atoms with van der Waals surface area (Å²) in [5, 5.41) is 13.5. The molecule has 0 radical (unpaired) electrons. The normalized spacial score (nSPS) is 10.0. The summed E-state index contributed by atoms with van der Waals surface area (Å²) in [4.78, 5) is 5.53. The Hall–Kier alpha value is -1.57. The summed E-state index contributed by atoms with van der Waals surface area (Å²) in [5.41, 5.74) is 2.24. The average Bonchev–Trinajstić information content (AvgIpc) is 2.58. The molecule has 17 heavy (non-hydrogen) atoms. The molecule has 0 saturated heterocycles. The monoisotopic (exact) mass is 263 g/mol. The molecule has 1 heterocycles. The maximum absolute atomic E-state index is 9.00. The van der Waals surface area contributed by atoms with Gasteiger partial charge in [-0.15, -0.1) is 11.3 Å². The molecule has 3 nitrogen and oxygen atoms in total. The van der Waals surface area contributed by atoms with Gasteiger partial charge in [-0.2, -0.15) is 5.26 Å². The molecular formula is C12H10ClN3S. The van der Waals surface area contributed by atoms with Crippen LogP contribution >= 0.6 is 22.9 Å². The molecule has 0 aliphatic rings. The molecule has 1 aromatic carbocycles. The summed E-state index contributed by atoms with van der Waals surface area (Å²) in [6.07, 6.45) is 0. The number of hydrogen-bond donors (Lipinski definition) is 1. The molecule has 0 aliphatic heterocycles. The first-order chi connectivity index (χ1) is 8.10. The average molecular weight is 264 g/mol. The smallest absolute Gasteiger partial charge is 0.187 e. The van der Waals surface area contributed by atoms with E-state index in [9.17, 15) is 0 Å². The minimum absolute atomic E-state index is 0.555. The quantitative estimate of drug-likeness (QED) is 0.890. The van der Waals surface area contributed by atoms with Crippen molar-refractivity contribution < 1.29 is 0 Å². The number of nitrogens with one attached hydrogen (secondary N) is 1. The number of nitriles is 1. The van der Waals surface area contributed by atoms with E-state index in [1.165, 1.54) is 0 Å². The Morgan fingerprint density at radius 1 is 1.41 bits per heavy atom. The highest BCUT2D eigenvalue weighted by molar-refractivity contribution is 7.15. The maximum Gasteiger partial charge on any atom is 0.187 e. The van der Waals surface area contributed by atoms with Crippen LogP contribution in [-0.4, -0.2) is 4.98 Å². The predicted octanol–water partition coefficient (Wildman–Crippen LogP) is 4.03. The largest absolute Gasteiger partial charge is 0.330 e. The van der Waals surface area contributed by atoms with E-state index < -0.39 is 0 Å². The predicted molar refractivity (Wildman–Crippen MR) is 71.0 cm³/mol. The van der Waals surface area contributed by atoms with Gasteiger partial charge in [-0.1, -0.05) is 11.6 Å². The van der Waals surface area contributed by atoms with Gasteiger partial charge in [-0.25, -0.2) is 4.98 Å². The van der Waals surface area contributed by atoms with E-state index in [1.807, 2.05) is 13.8 Å². The zero-order chi connectivity index (χ0) is 12.4. The van der Waals surface area contributed by atoms with Crippen molar-refractivity contribution in [3.8, 4) is 6.07 Å². The number of aromatic nitrogens is 1. The van der Waals surface area contributed by atoms with Crippen LogP contribution in [0.2, 0.25) is 5.02 Å². The van der Waals surface area contributed by atoms with Gasteiger partial charge in [-0.3, -0.25) is 0 Å². The second-order valence-electron chi connectivity index (χ2n) is 3.59. The van der Waals surface area contributed by atoms with Gasteiger partial charge in [0.25, 0.3) is 0 Å². The lowest BCUT2D eigenvalue weighted by molar-refractivity contribution is 1.23. The zero-order valence-corrected chi connectivity index (χ0v) is 11.0. The van der Waals surface area contributed by atoms with Crippen LogP contribution in [0, 0.1) is 25.2 Å². The van der Waals surface area contributed by atoms with Gasteiger partial charge in [0.15, 0.2) is 5.13 Å². The highest BCUT2D eigenvalue weighted by Gasteiger charge is 2.07. The van der Waals surface area contributed by atoms with Crippen LogP contribution in [0.4, 0.5) is 10.8 Å². The second kappa shape index (κ2) is 4.74. The summed E-state index contributed by atoms with van der Waals surface area (Å²) in [6, 6.07) is 7.24. The number of halogens is 1. The molecule has 0 unspecified atom stereocenters. The van der Waals surface area contributed by atoms with Crippen LogP contribution in [0.5, 0.6) is 0 Å². The maximum atomic E-state index is 9.00. The number of aryl methyl sites for hydroxylation is 2. The van der Waals surface area contributed by atoms with Crippen molar-refractivity contribution in [1.29, 1.82) is 5.26 Å². The first kappa shape index (κ1) is 11.9. The lowest BCUT2D eigenvalue weighted by atomic mass is 10.2. The van der Waals surface area contributed by atoms with Crippen LogP contribution in [0.15, 0.2) is 18.2 Å². The van der Waals surface area contributed by atoms with E-state index in [1.54, 1.807) is 29.5 Å². The molecule has 0 fully saturated rings. The lowest BCUT2D eigenvalue weighted by Crippen LogP contribution is -1.93. The first-order valence-corrected chi connectivity index (χ1v) is 6.20. The molecule has 2 rings (SSSR count). The summed E-state index contributed by atoms with van der Waals surface area (Å²) in [5.74, 6) is 0. The fourth-order valence-corrected chi connectivity index (χ4v) is 2.36. The number of benzene rings is 1. The van der Waals surface area contributed by atoms with E-state index >= 15 is 0 Å². The summed E-state index contributed by atoms with van der Waals surface area (Å²) in [7, 11) is 0. The molecule has 1 N–H and O–H groups in total. The van der Waals surface area contributed by atoms with Crippen molar-refractivity contribution in [2.45, 2.75) is 13.8 Å². The van der Waals surface area contributed by atoms with E-state index in [0.29, 0.717) is 16.3 Å². The van der Waals surface area contributed by atoms with Crippen LogP contribution in [0.3, 0.4) is 0 Å². The Bertz CT molecular complexity index is 579. The van der Waals surface area contributed by atoms with E-state index in [0.717, 1.165) is 15.7 Å². The van der Waals surface area contributed by atoms with Crippen molar-refractivity contribution in [3.05, 3.63) is 39.4 Å². The second-order valence-corrected chi connectivity index (χ2v) is 5.23. The Labute approximate surface area is 109 Å². The Morgan fingerprint density at radius 2 is 2.18 bits per heavy atom. The van der Waals surface area contributed by atoms with Crippen LogP contribution in [0.25, 0.3) is 0 Å². The molecular weight excluding hydrogens is 254 g/mol. The molecule has 0 amide bonds. The van der Waals surface area contributed by atoms with Gasteiger partial charge >= 0.3 is 0 Å². The van der Waals surface area contributed by atoms with Crippen LogP contribution in [0.1, 0.15) is 16.1 Å². The van der Waals surface area contributed by atoms with Gasteiger partial charge in [0, 0.05) is 9.90 Å². The molecule has 0 spiro atoms. The summed E-state index contributed by atoms with van der Waals surface area (Å²) >= 11 is 7.47. The number of thiazole rings is 1. The third-order valence-corrected chi connectivity index (χ3v) is 3.60. The molecule has 0 bridgehead atoms. The molecule has 1 aromatic heterocycles. The highest BCUT2D eigenvalue weighted by Crippen LogP contribution is 2.28. The van der Waals surface area contributed by atoms with E-state index in [4.69, 9.17) is 16.9 Å². The minimum atomic E-state index is 0.555. The SMILES string of the molecule is Cc1nc(Nc2cc(Cl)ccc2C#N)sc1C. The van der Waals surface area contributed by atoms with Gasteiger partial charge in [0.05, 0.1) is 16.9 Å². The van der Waals surface area contributed by atoms with Gasteiger partial charge in [-0.05, 0) is 32.0 Å². The third-order valence-electron chi connectivity index (χ3n) is 2.37.